The molecule has 1 atom stereocenters. The molecule has 0 radical (unpaired) electrons. The van der Waals surface area contributed by atoms with Crippen LogP contribution >= 0.6 is 27.5 Å². The van der Waals surface area contributed by atoms with E-state index in [1.807, 2.05) is 43.3 Å². The van der Waals surface area contributed by atoms with Crippen LogP contribution in [0, 0.1) is 0 Å². The predicted octanol–water partition coefficient (Wildman–Crippen LogP) is 5.30. The van der Waals surface area contributed by atoms with Gasteiger partial charge in [-0.15, -0.1) is 0 Å². The lowest BCUT2D eigenvalue weighted by Crippen LogP contribution is -2.09. The third-order valence-corrected chi connectivity index (χ3v) is 3.68. The van der Waals surface area contributed by atoms with Crippen molar-refractivity contribution >= 4 is 27.5 Å². The van der Waals surface area contributed by atoms with Gasteiger partial charge in [0.1, 0.15) is 11.5 Å². The molecule has 0 spiro atoms. The monoisotopic (exact) mass is 339 g/mol. The molecule has 4 heteroatoms. The van der Waals surface area contributed by atoms with Gasteiger partial charge in [0.2, 0.25) is 0 Å². The molecule has 1 unspecified atom stereocenters. The summed E-state index contributed by atoms with van der Waals surface area (Å²) >= 11 is 9.54. The molecule has 0 heterocycles. The average Bonchev–Trinajstić information content (AvgIpc) is 2.42. The molecule has 0 aliphatic carbocycles. The summed E-state index contributed by atoms with van der Waals surface area (Å²) in [7, 11) is 0. The molecule has 0 fully saturated rings. The molecule has 2 aromatic rings. The Balaban J connectivity index is 2.35. The summed E-state index contributed by atoms with van der Waals surface area (Å²) in [4.78, 5) is 0. The van der Waals surface area contributed by atoms with Gasteiger partial charge in [-0.25, -0.2) is 0 Å². The summed E-state index contributed by atoms with van der Waals surface area (Å²) < 4.78 is 6.82. The van der Waals surface area contributed by atoms with E-state index in [2.05, 4.69) is 15.9 Å². The molecule has 0 aliphatic heterocycles. The smallest absolute Gasteiger partial charge is 0.147 e. The van der Waals surface area contributed by atoms with Gasteiger partial charge in [0.05, 0.1) is 5.02 Å². The van der Waals surface area contributed by atoms with Crippen LogP contribution in [0.25, 0.3) is 0 Å². The Morgan fingerprint density at radius 2 is 1.95 bits per heavy atom. The van der Waals surface area contributed by atoms with Gasteiger partial charge in [-0.3, -0.25) is 0 Å². The lowest BCUT2D eigenvalue weighted by atomic mass is 10.0. The van der Waals surface area contributed by atoms with Gasteiger partial charge in [-0.2, -0.15) is 0 Å². The fourth-order valence-electron chi connectivity index (χ4n) is 1.77. The van der Waals surface area contributed by atoms with Crippen LogP contribution in [0.4, 0.5) is 0 Å². The Hall–Kier alpha value is -1.03. The quantitative estimate of drug-likeness (QED) is 0.819. The molecule has 2 nitrogen and oxygen atoms in total. The highest BCUT2D eigenvalue weighted by atomic mass is 79.9. The molecule has 2 rings (SSSR count). The van der Waals surface area contributed by atoms with Crippen molar-refractivity contribution in [1.29, 1.82) is 0 Å². The highest BCUT2D eigenvalue weighted by Gasteiger charge is 2.12. The highest BCUT2D eigenvalue weighted by Crippen LogP contribution is 2.35. The lowest BCUT2D eigenvalue weighted by molar-refractivity contribution is 0.468. The van der Waals surface area contributed by atoms with Crippen molar-refractivity contribution in [3.63, 3.8) is 0 Å². The molecule has 2 N–H and O–H groups in total. The number of ether oxygens (including phenoxy) is 1. The molecular weight excluding hydrogens is 326 g/mol. The second kappa shape index (κ2) is 6.42. The molecule has 0 aromatic heterocycles. The zero-order valence-electron chi connectivity index (χ0n) is 10.6. The first kappa shape index (κ1) is 14.4. The van der Waals surface area contributed by atoms with Crippen LogP contribution in [0.5, 0.6) is 11.5 Å². The van der Waals surface area contributed by atoms with E-state index in [1.54, 1.807) is 6.07 Å². The number of halogens is 2. The minimum Gasteiger partial charge on any atom is -0.455 e. The van der Waals surface area contributed by atoms with E-state index >= 15 is 0 Å². The Bertz CT molecular complexity index is 574. The molecular formula is C15H15BrClNO. The first-order valence-electron chi connectivity index (χ1n) is 6.09. The van der Waals surface area contributed by atoms with Crippen LogP contribution in [0.3, 0.4) is 0 Å². The zero-order chi connectivity index (χ0) is 13.8. The summed E-state index contributed by atoms with van der Waals surface area (Å²) in [5.74, 6) is 1.36. The summed E-state index contributed by atoms with van der Waals surface area (Å²) in [6.07, 6.45) is 0.854. The molecule has 0 saturated carbocycles. The summed E-state index contributed by atoms with van der Waals surface area (Å²) in [6.45, 7) is 2.05. The third-order valence-electron chi connectivity index (χ3n) is 2.87. The maximum atomic E-state index is 6.13. The topological polar surface area (TPSA) is 35.2 Å². The van der Waals surface area contributed by atoms with Gasteiger partial charge in [0, 0.05) is 16.1 Å². The van der Waals surface area contributed by atoms with Crippen LogP contribution in [-0.4, -0.2) is 0 Å². The van der Waals surface area contributed by atoms with Crippen molar-refractivity contribution in [3.8, 4) is 11.5 Å². The van der Waals surface area contributed by atoms with Crippen LogP contribution < -0.4 is 10.5 Å². The normalized spacial score (nSPS) is 12.2. The Labute approximate surface area is 126 Å². The number of rotatable bonds is 4. The van der Waals surface area contributed by atoms with Gasteiger partial charge in [0.15, 0.2) is 0 Å². The van der Waals surface area contributed by atoms with Gasteiger partial charge in [-0.05, 0) is 30.7 Å². The number of hydrogen-bond donors (Lipinski definition) is 1. The summed E-state index contributed by atoms with van der Waals surface area (Å²) in [5, 5.41) is 0.572. The minimum absolute atomic E-state index is 0.0397. The maximum absolute atomic E-state index is 6.13. The fourth-order valence-corrected chi connectivity index (χ4v) is 2.27. The number of nitrogens with two attached hydrogens (primary N) is 1. The lowest BCUT2D eigenvalue weighted by Gasteiger charge is -2.16. The first-order valence-corrected chi connectivity index (χ1v) is 7.26. The number of para-hydroxylation sites is 1. The number of benzene rings is 2. The highest BCUT2D eigenvalue weighted by molar-refractivity contribution is 9.10. The van der Waals surface area contributed by atoms with E-state index < -0.39 is 0 Å². The van der Waals surface area contributed by atoms with Crippen LogP contribution in [-0.2, 0) is 0 Å². The van der Waals surface area contributed by atoms with Crippen LogP contribution in [0.1, 0.15) is 24.9 Å². The van der Waals surface area contributed by atoms with Crippen molar-refractivity contribution in [2.24, 2.45) is 5.73 Å². The Morgan fingerprint density at radius 3 is 2.68 bits per heavy atom. The van der Waals surface area contributed by atoms with E-state index in [-0.39, 0.29) is 6.04 Å². The molecule has 0 amide bonds. The van der Waals surface area contributed by atoms with Crippen molar-refractivity contribution in [2.75, 3.05) is 0 Å². The van der Waals surface area contributed by atoms with Crippen LogP contribution in [0.15, 0.2) is 46.9 Å². The molecule has 0 saturated heterocycles. The second-order valence-corrected chi connectivity index (χ2v) is 5.55. The van der Waals surface area contributed by atoms with E-state index in [0.717, 1.165) is 22.2 Å². The van der Waals surface area contributed by atoms with Crippen molar-refractivity contribution in [3.05, 3.63) is 57.5 Å². The summed E-state index contributed by atoms with van der Waals surface area (Å²) in [5.41, 5.74) is 7.08. The minimum atomic E-state index is -0.0397. The molecule has 100 valence electrons. The Kier molecular flexibility index (Phi) is 4.86. The molecule has 0 bridgehead atoms. The molecule has 19 heavy (non-hydrogen) atoms. The zero-order valence-corrected chi connectivity index (χ0v) is 12.9. The third kappa shape index (κ3) is 3.50. The maximum Gasteiger partial charge on any atom is 0.147 e. The standard InChI is InChI=1S/C15H15BrClNO/c1-2-13(18)11-5-3-4-6-14(11)19-15-9-10(16)7-8-12(15)17/h3-9,13H,2,18H2,1H3. The SMILES string of the molecule is CCC(N)c1ccccc1Oc1cc(Br)ccc1Cl. The Morgan fingerprint density at radius 1 is 1.21 bits per heavy atom. The number of hydrogen-bond acceptors (Lipinski definition) is 2. The van der Waals surface area contributed by atoms with Gasteiger partial charge in [-0.1, -0.05) is 52.7 Å². The second-order valence-electron chi connectivity index (χ2n) is 4.23. The predicted molar refractivity (Wildman–Crippen MR) is 82.9 cm³/mol. The van der Waals surface area contributed by atoms with Crippen molar-refractivity contribution in [1.82, 2.24) is 0 Å². The van der Waals surface area contributed by atoms with Crippen LogP contribution in [0.2, 0.25) is 5.02 Å². The fraction of sp³-hybridized carbons (Fsp3) is 0.200. The van der Waals surface area contributed by atoms with Crippen molar-refractivity contribution in [2.45, 2.75) is 19.4 Å². The molecule has 2 aromatic carbocycles. The van der Waals surface area contributed by atoms with Crippen molar-refractivity contribution < 1.29 is 4.74 Å². The molecule has 0 aliphatic rings. The van der Waals surface area contributed by atoms with E-state index in [9.17, 15) is 0 Å². The largest absolute Gasteiger partial charge is 0.455 e. The van der Waals surface area contributed by atoms with E-state index in [1.165, 1.54) is 0 Å². The van der Waals surface area contributed by atoms with E-state index in [4.69, 9.17) is 22.1 Å². The van der Waals surface area contributed by atoms with Gasteiger partial charge < -0.3 is 10.5 Å². The first-order chi connectivity index (χ1) is 9.11. The van der Waals surface area contributed by atoms with E-state index in [0.29, 0.717) is 10.8 Å². The summed E-state index contributed by atoms with van der Waals surface area (Å²) in [6, 6.07) is 13.2. The van der Waals surface area contributed by atoms with Gasteiger partial charge >= 0.3 is 0 Å². The van der Waals surface area contributed by atoms with Gasteiger partial charge in [0.25, 0.3) is 0 Å². The average molecular weight is 341 g/mol.